The summed E-state index contributed by atoms with van der Waals surface area (Å²) in [5.41, 5.74) is 1.71. The largest absolute Gasteiger partial charge is 0.433 e. The summed E-state index contributed by atoms with van der Waals surface area (Å²) in [7, 11) is 0. The summed E-state index contributed by atoms with van der Waals surface area (Å²) in [6.07, 6.45) is 1.24. The number of hydrogen-bond donors (Lipinski definition) is 1. The average Bonchev–Trinajstić information content (AvgIpc) is 2.42. The summed E-state index contributed by atoms with van der Waals surface area (Å²) in [6.45, 7) is 6.19. The normalized spacial score (nSPS) is 10.2. The predicted octanol–water partition coefficient (Wildman–Crippen LogP) is 3.23. The van der Waals surface area contributed by atoms with Crippen molar-refractivity contribution in [3.8, 4) is 11.6 Å². The number of nitrogens with zero attached hydrogens (tertiary/aromatic N) is 3. The van der Waals surface area contributed by atoms with E-state index in [-0.39, 0.29) is 17.4 Å². The Morgan fingerprint density at radius 2 is 2.10 bits per heavy atom. The van der Waals surface area contributed by atoms with Gasteiger partial charge in [0.1, 0.15) is 12.1 Å². The van der Waals surface area contributed by atoms with Crippen LogP contribution in [0.1, 0.15) is 18.1 Å². The summed E-state index contributed by atoms with van der Waals surface area (Å²) in [4.78, 5) is 18.5. The summed E-state index contributed by atoms with van der Waals surface area (Å²) in [6, 6.07) is 5.58. The van der Waals surface area contributed by atoms with E-state index in [4.69, 9.17) is 4.74 Å². The first kappa shape index (κ1) is 14.7. The quantitative estimate of drug-likeness (QED) is 0.671. The number of ether oxygens (including phenoxy) is 1. The topological polar surface area (TPSA) is 90.2 Å². The highest BCUT2D eigenvalue weighted by Crippen LogP contribution is 2.35. The number of nitrogens with one attached hydrogen (secondary N) is 1. The molecule has 0 aliphatic rings. The molecule has 1 aromatic carbocycles. The Bertz CT molecular complexity index is 673. The standard InChI is InChI=1S/C14H16N4O3/c1-4-15-13-12(18(19)20)14(17-8-16-13)21-11-6-5-9(2)7-10(11)3/h5-8H,4H2,1-3H3,(H,15,16,17). The van der Waals surface area contributed by atoms with Crippen molar-refractivity contribution in [3.05, 3.63) is 45.8 Å². The molecular weight excluding hydrogens is 272 g/mol. The maximum atomic E-state index is 11.3. The van der Waals surface area contributed by atoms with Crippen LogP contribution in [-0.4, -0.2) is 21.4 Å². The monoisotopic (exact) mass is 288 g/mol. The van der Waals surface area contributed by atoms with Crippen LogP contribution in [0.15, 0.2) is 24.5 Å². The number of hydrogen-bond acceptors (Lipinski definition) is 6. The first-order chi connectivity index (χ1) is 10.0. The molecule has 0 spiro atoms. The Balaban J connectivity index is 2.43. The molecule has 0 amide bonds. The molecule has 7 heteroatoms. The highest BCUT2D eigenvalue weighted by atomic mass is 16.6. The van der Waals surface area contributed by atoms with Crippen molar-refractivity contribution < 1.29 is 9.66 Å². The van der Waals surface area contributed by atoms with Gasteiger partial charge in [0.2, 0.25) is 5.82 Å². The first-order valence-corrected chi connectivity index (χ1v) is 6.51. The zero-order chi connectivity index (χ0) is 15.4. The van der Waals surface area contributed by atoms with E-state index in [0.717, 1.165) is 11.1 Å². The summed E-state index contributed by atoms with van der Waals surface area (Å²) >= 11 is 0. The van der Waals surface area contributed by atoms with Gasteiger partial charge in [0, 0.05) is 6.54 Å². The van der Waals surface area contributed by atoms with Crippen molar-refractivity contribution in [2.24, 2.45) is 0 Å². The van der Waals surface area contributed by atoms with Crippen LogP contribution in [0.5, 0.6) is 11.6 Å². The Kier molecular flexibility index (Phi) is 4.32. The van der Waals surface area contributed by atoms with Crippen LogP contribution in [0.3, 0.4) is 0 Å². The first-order valence-electron chi connectivity index (χ1n) is 6.51. The number of aryl methyl sites for hydroxylation is 2. The third kappa shape index (κ3) is 3.25. The Morgan fingerprint density at radius 1 is 1.33 bits per heavy atom. The van der Waals surface area contributed by atoms with Crippen molar-refractivity contribution in [2.45, 2.75) is 20.8 Å². The van der Waals surface area contributed by atoms with Gasteiger partial charge in [-0.2, -0.15) is 4.98 Å². The third-order valence-corrected chi connectivity index (χ3v) is 2.85. The second kappa shape index (κ2) is 6.17. The van der Waals surface area contributed by atoms with Crippen LogP contribution >= 0.6 is 0 Å². The van der Waals surface area contributed by atoms with Crippen LogP contribution in [0.4, 0.5) is 11.5 Å². The van der Waals surface area contributed by atoms with Gasteiger partial charge >= 0.3 is 11.6 Å². The highest BCUT2D eigenvalue weighted by Gasteiger charge is 2.24. The van der Waals surface area contributed by atoms with E-state index in [0.29, 0.717) is 12.3 Å². The smallest absolute Gasteiger partial charge is 0.373 e. The van der Waals surface area contributed by atoms with Gasteiger partial charge in [0.15, 0.2) is 0 Å². The minimum atomic E-state index is -0.545. The van der Waals surface area contributed by atoms with Gasteiger partial charge in [-0.1, -0.05) is 17.7 Å². The minimum Gasteiger partial charge on any atom is -0.433 e. The second-order valence-electron chi connectivity index (χ2n) is 4.53. The molecule has 0 saturated carbocycles. The molecule has 0 atom stereocenters. The predicted molar refractivity (Wildman–Crippen MR) is 78.8 cm³/mol. The molecule has 110 valence electrons. The molecule has 0 unspecified atom stereocenters. The lowest BCUT2D eigenvalue weighted by molar-refractivity contribution is -0.385. The molecule has 2 aromatic rings. The second-order valence-corrected chi connectivity index (χ2v) is 4.53. The van der Waals surface area contributed by atoms with E-state index in [9.17, 15) is 10.1 Å². The number of rotatable bonds is 5. The van der Waals surface area contributed by atoms with Crippen LogP contribution in [0.2, 0.25) is 0 Å². The van der Waals surface area contributed by atoms with Gasteiger partial charge in [0.05, 0.1) is 4.92 Å². The van der Waals surface area contributed by atoms with Crippen LogP contribution in [0.25, 0.3) is 0 Å². The Hall–Kier alpha value is -2.70. The van der Waals surface area contributed by atoms with E-state index in [1.165, 1.54) is 6.33 Å². The van der Waals surface area contributed by atoms with Gasteiger partial charge in [-0.25, -0.2) is 4.98 Å². The molecule has 0 radical (unpaired) electrons. The maximum absolute atomic E-state index is 11.3. The fourth-order valence-corrected chi connectivity index (χ4v) is 1.92. The minimum absolute atomic E-state index is 0.0714. The molecule has 1 aromatic heterocycles. The zero-order valence-corrected chi connectivity index (χ0v) is 12.1. The van der Waals surface area contributed by atoms with Gasteiger partial charge in [-0.15, -0.1) is 0 Å². The van der Waals surface area contributed by atoms with Gasteiger partial charge < -0.3 is 10.1 Å². The van der Waals surface area contributed by atoms with E-state index in [1.807, 2.05) is 32.9 Å². The number of anilines is 1. The van der Waals surface area contributed by atoms with E-state index < -0.39 is 4.92 Å². The van der Waals surface area contributed by atoms with E-state index in [2.05, 4.69) is 15.3 Å². The Labute approximate surface area is 122 Å². The van der Waals surface area contributed by atoms with Gasteiger partial charge in [-0.05, 0) is 32.4 Å². The van der Waals surface area contributed by atoms with E-state index >= 15 is 0 Å². The molecule has 1 heterocycles. The molecular formula is C14H16N4O3. The van der Waals surface area contributed by atoms with Crippen molar-refractivity contribution in [2.75, 3.05) is 11.9 Å². The van der Waals surface area contributed by atoms with Gasteiger partial charge in [0.25, 0.3) is 0 Å². The van der Waals surface area contributed by atoms with Crippen molar-refractivity contribution in [1.82, 2.24) is 9.97 Å². The zero-order valence-electron chi connectivity index (χ0n) is 12.1. The average molecular weight is 288 g/mol. The number of nitro groups is 1. The molecule has 1 N–H and O–H groups in total. The van der Waals surface area contributed by atoms with Gasteiger partial charge in [-0.3, -0.25) is 10.1 Å². The lowest BCUT2D eigenvalue weighted by Crippen LogP contribution is -2.06. The molecule has 0 fully saturated rings. The SMILES string of the molecule is CCNc1ncnc(Oc2ccc(C)cc2C)c1[N+](=O)[O-]. The molecule has 0 aliphatic heterocycles. The van der Waals surface area contributed by atoms with Crippen LogP contribution in [-0.2, 0) is 0 Å². The number of benzene rings is 1. The molecule has 0 aliphatic carbocycles. The molecule has 2 rings (SSSR count). The van der Waals surface area contributed by atoms with E-state index in [1.54, 1.807) is 6.07 Å². The lowest BCUT2D eigenvalue weighted by Gasteiger charge is -2.10. The fourth-order valence-electron chi connectivity index (χ4n) is 1.92. The van der Waals surface area contributed by atoms with Crippen LogP contribution in [0, 0.1) is 24.0 Å². The molecule has 0 saturated heterocycles. The molecule has 21 heavy (non-hydrogen) atoms. The maximum Gasteiger partial charge on any atom is 0.373 e. The lowest BCUT2D eigenvalue weighted by atomic mass is 10.1. The number of aromatic nitrogens is 2. The van der Waals surface area contributed by atoms with Crippen molar-refractivity contribution >= 4 is 11.5 Å². The molecule has 0 bridgehead atoms. The fraction of sp³-hybridized carbons (Fsp3) is 0.286. The van der Waals surface area contributed by atoms with Crippen molar-refractivity contribution in [3.63, 3.8) is 0 Å². The third-order valence-electron chi connectivity index (χ3n) is 2.85. The van der Waals surface area contributed by atoms with Crippen LogP contribution < -0.4 is 10.1 Å². The summed E-state index contributed by atoms with van der Waals surface area (Å²) in [5.74, 6) is 0.611. The summed E-state index contributed by atoms with van der Waals surface area (Å²) < 4.78 is 5.61. The van der Waals surface area contributed by atoms with Crippen molar-refractivity contribution in [1.29, 1.82) is 0 Å². The summed E-state index contributed by atoms with van der Waals surface area (Å²) in [5, 5.41) is 14.1. The Morgan fingerprint density at radius 3 is 2.71 bits per heavy atom. The molecule has 7 nitrogen and oxygen atoms in total. The highest BCUT2D eigenvalue weighted by molar-refractivity contribution is 5.62.